The monoisotopic (exact) mass is 382 g/mol. The van der Waals surface area contributed by atoms with Crippen LogP contribution in [0.3, 0.4) is 0 Å². The lowest BCUT2D eigenvalue weighted by molar-refractivity contribution is 0.0553. The summed E-state index contributed by atoms with van der Waals surface area (Å²) < 4.78 is 25.1. The molecule has 25 heavy (non-hydrogen) atoms. The van der Waals surface area contributed by atoms with Gasteiger partial charge >= 0.3 is 0 Å². The third-order valence-electron chi connectivity index (χ3n) is 3.69. The van der Waals surface area contributed by atoms with Crippen LogP contribution in [0.25, 0.3) is 0 Å². The molecule has 0 spiro atoms. The highest BCUT2D eigenvalue weighted by atomic mass is 32.2. The molecule has 1 aromatic heterocycles. The van der Waals surface area contributed by atoms with Gasteiger partial charge in [0.2, 0.25) is 10.0 Å². The number of aliphatic hydroxyl groups is 1. The summed E-state index contributed by atoms with van der Waals surface area (Å²) in [5.41, 5.74) is 0.289. The second-order valence-corrected chi connectivity index (χ2v) is 9.23. The number of hydrogen-bond donors (Lipinski definition) is 2. The summed E-state index contributed by atoms with van der Waals surface area (Å²) in [4.78, 5) is 12.3. The fraction of sp³-hybridized carbons (Fsp3) is 0.353. The van der Waals surface area contributed by atoms with E-state index >= 15 is 0 Å². The summed E-state index contributed by atoms with van der Waals surface area (Å²) in [5, 5.41) is 17.0. The highest BCUT2D eigenvalue weighted by molar-refractivity contribution is 7.89. The highest BCUT2D eigenvalue weighted by Crippen LogP contribution is 2.16. The van der Waals surface area contributed by atoms with Crippen molar-refractivity contribution >= 4 is 27.3 Å². The van der Waals surface area contributed by atoms with Gasteiger partial charge in [0.05, 0.1) is 10.5 Å². The van der Waals surface area contributed by atoms with E-state index in [1.165, 1.54) is 38.4 Å². The summed E-state index contributed by atoms with van der Waals surface area (Å²) >= 11 is 1.56. The normalized spacial score (nSPS) is 14.3. The molecule has 2 aromatic rings. The molecule has 0 radical (unpaired) electrons. The van der Waals surface area contributed by atoms with E-state index in [1.54, 1.807) is 18.3 Å². The second kappa shape index (κ2) is 7.65. The van der Waals surface area contributed by atoms with Gasteiger partial charge in [-0.3, -0.25) is 4.79 Å². The minimum Gasteiger partial charge on any atom is -0.388 e. The minimum atomic E-state index is -3.52. The SMILES string of the molecule is CN(C)S(=O)(=O)c1ccc(C(=O)NCC(C)(O)Cc2ccsc2)cc1. The Morgan fingerprint density at radius 3 is 2.40 bits per heavy atom. The molecule has 1 aromatic carbocycles. The molecule has 0 saturated heterocycles. The van der Waals surface area contributed by atoms with Gasteiger partial charge in [-0.05, 0) is 53.6 Å². The van der Waals surface area contributed by atoms with Crippen LogP contribution in [-0.2, 0) is 16.4 Å². The summed E-state index contributed by atoms with van der Waals surface area (Å²) in [7, 11) is -0.621. The van der Waals surface area contributed by atoms with Crippen molar-refractivity contribution in [2.75, 3.05) is 20.6 Å². The van der Waals surface area contributed by atoms with Gasteiger partial charge in [0, 0.05) is 32.6 Å². The number of nitrogens with zero attached hydrogens (tertiary/aromatic N) is 1. The molecule has 1 heterocycles. The average molecular weight is 383 g/mol. The molecule has 8 heteroatoms. The van der Waals surface area contributed by atoms with Crippen LogP contribution in [0.2, 0.25) is 0 Å². The maximum absolute atomic E-state index is 12.2. The lowest BCUT2D eigenvalue weighted by atomic mass is 9.98. The number of hydrogen-bond acceptors (Lipinski definition) is 5. The smallest absolute Gasteiger partial charge is 0.251 e. The van der Waals surface area contributed by atoms with Crippen LogP contribution in [0.4, 0.5) is 0 Å². The molecule has 0 aliphatic carbocycles. The Hall–Kier alpha value is -1.74. The largest absolute Gasteiger partial charge is 0.388 e. The molecule has 1 atom stereocenters. The summed E-state index contributed by atoms with van der Waals surface area (Å²) in [6.07, 6.45) is 0.441. The van der Waals surface area contributed by atoms with Crippen molar-refractivity contribution in [3.8, 4) is 0 Å². The van der Waals surface area contributed by atoms with Crippen molar-refractivity contribution in [1.82, 2.24) is 9.62 Å². The fourth-order valence-corrected chi connectivity index (χ4v) is 3.83. The third-order valence-corrected chi connectivity index (χ3v) is 6.25. The topological polar surface area (TPSA) is 86.7 Å². The Bertz CT molecular complexity index is 811. The lowest BCUT2D eigenvalue weighted by Crippen LogP contribution is -2.42. The Labute approximate surface area is 152 Å². The molecule has 1 amide bonds. The molecular formula is C17H22N2O4S2. The summed E-state index contributed by atoms with van der Waals surface area (Å²) in [6, 6.07) is 7.64. The van der Waals surface area contributed by atoms with Gasteiger partial charge in [-0.1, -0.05) is 0 Å². The summed E-state index contributed by atoms with van der Waals surface area (Å²) in [5.74, 6) is -0.362. The van der Waals surface area contributed by atoms with E-state index in [9.17, 15) is 18.3 Å². The molecule has 0 aliphatic heterocycles. The van der Waals surface area contributed by atoms with Crippen molar-refractivity contribution in [3.63, 3.8) is 0 Å². The zero-order valence-corrected chi connectivity index (χ0v) is 16.0. The number of rotatable bonds is 7. The number of carbonyl (C=O) groups is 1. The number of sulfonamides is 1. The first-order chi connectivity index (χ1) is 11.6. The van der Waals surface area contributed by atoms with E-state index in [1.807, 2.05) is 16.8 Å². The van der Waals surface area contributed by atoms with Crippen molar-refractivity contribution < 1.29 is 18.3 Å². The van der Waals surface area contributed by atoms with E-state index in [0.717, 1.165) is 9.87 Å². The predicted molar refractivity (Wildman–Crippen MR) is 98.3 cm³/mol. The van der Waals surface area contributed by atoms with Gasteiger partial charge in [0.15, 0.2) is 0 Å². The first-order valence-electron chi connectivity index (χ1n) is 7.66. The van der Waals surface area contributed by atoms with Crippen molar-refractivity contribution in [1.29, 1.82) is 0 Å². The maximum atomic E-state index is 12.2. The Morgan fingerprint density at radius 2 is 1.88 bits per heavy atom. The zero-order valence-electron chi connectivity index (χ0n) is 14.4. The molecular weight excluding hydrogens is 360 g/mol. The molecule has 1 unspecified atom stereocenters. The number of benzene rings is 1. The molecule has 0 saturated carbocycles. The number of carbonyl (C=O) groups excluding carboxylic acids is 1. The van der Waals surface area contributed by atoms with Crippen LogP contribution in [0, 0.1) is 0 Å². The van der Waals surface area contributed by atoms with Crippen LogP contribution in [0.15, 0.2) is 46.0 Å². The summed E-state index contributed by atoms with van der Waals surface area (Å²) in [6.45, 7) is 1.76. The molecule has 136 valence electrons. The Balaban J connectivity index is 1.99. The number of nitrogens with one attached hydrogen (secondary N) is 1. The highest BCUT2D eigenvalue weighted by Gasteiger charge is 2.23. The van der Waals surface area contributed by atoms with Crippen molar-refractivity contribution in [2.24, 2.45) is 0 Å². The number of amides is 1. The van der Waals surface area contributed by atoms with E-state index in [-0.39, 0.29) is 17.3 Å². The van der Waals surface area contributed by atoms with Crippen LogP contribution >= 0.6 is 11.3 Å². The standard InChI is InChI=1S/C17H22N2O4S2/c1-17(21,10-13-8-9-24-11-13)12-18-16(20)14-4-6-15(7-5-14)25(22,23)19(2)3/h4-9,11,21H,10,12H2,1-3H3,(H,18,20). The van der Waals surface area contributed by atoms with Gasteiger partial charge in [0.25, 0.3) is 5.91 Å². The van der Waals surface area contributed by atoms with Crippen LogP contribution in [0.5, 0.6) is 0 Å². The van der Waals surface area contributed by atoms with Crippen LogP contribution in [-0.4, -0.2) is 50.0 Å². The van der Waals surface area contributed by atoms with Gasteiger partial charge in [-0.25, -0.2) is 12.7 Å². The van der Waals surface area contributed by atoms with Gasteiger partial charge in [0.1, 0.15) is 0 Å². The molecule has 0 bridgehead atoms. The fourth-order valence-electron chi connectivity index (χ4n) is 2.26. The average Bonchev–Trinajstić information content (AvgIpc) is 3.05. The van der Waals surface area contributed by atoms with Crippen molar-refractivity contribution in [2.45, 2.75) is 23.8 Å². The van der Waals surface area contributed by atoms with E-state index in [2.05, 4.69) is 5.32 Å². The first kappa shape index (κ1) is 19.6. The zero-order chi connectivity index (χ0) is 18.7. The molecule has 2 rings (SSSR count). The van der Waals surface area contributed by atoms with Gasteiger partial charge in [-0.15, -0.1) is 0 Å². The number of thiophene rings is 1. The first-order valence-corrected chi connectivity index (χ1v) is 10.0. The molecule has 0 aliphatic rings. The molecule has 2 N–H and O–H groups in total. The molecule has 0 fully saturated rings. The van der Waals surface area contributed by atoms with Gasteiger partial charge < -0.3 is 10.4 Å². The maximum Gasteiger partial charge on any atom is 0.251 e. The lowest BCUT2D eigenvalue weighted by Gasteiger charge is -2.23. The minimum absolute atomic E-state index is 0.0967. The second-order valence-electron chi connectivity index (χ2n) is 6.30. The molecule has 6 nitrogen and oxygen atoms in total. The van der Waals surface area contributed by atoms with E-state index in [0.29, 0.717) is 12.0 Å². The Morgan fingerprint density at radius 1 is 1.24 bits per heavy atom. The van der Waals surface area contributed by atoms with Crippen molar-refractivity contribution in [3.05, 3.63) is 52.2 Å². The van der Waals surface area contributed by atoms with E-state index < -0.39 is 15.6 Å². The van der Waals surface area contributed by atoms with Crippen LogP contribution < -0.4 is 5.32 Å². The predicted octanol–water partition coefficient (Wildman–Crippen LogP) is 1.72. The third kappa shape index (κ3) is 5.12. The Kier molecular flexibility index (Phi) is 5.99. The quantitative estimate of drug-likeness (QED) is 0.763. The van der Waals surface area contributed by atoms with Gasteiger partial charge in [-0.2, -0.15) is 11.3 Å². The van der Waals surface area contributed by atoms with E-state index in [4.69, 9.17) is 0 Å². The van der Waals surface area contributed by atoms with Crippen LogP contribution in [0.1, 0.15) is 22.8 Å².